The number of aryl methyl sites for hydroxylation is 2. The van der Waals surface area contributed by atoms with Gasteiger partial charge in [0.2, 0.25) is 5.91 Å². The SMILES string of the molecule is Cc1nc(=O)[nH]c(C)c1CC(=O)NCC(C)C. The van der Waals surface area contributed by atoms with Gasteiger partial charge >= 0.3 is 5.69 Å². The third-order valence-corrected chi connectivity index (χ3v) is 2.50. The van der Waals surface area contributed by atoms with Gasteiger partial charge in [0.1, 0.15) is 0 Å². The fraction of sp³-hybridized carbons (Fsp3) is 0.583. The largest absolute Gasteiger partial charge is 0.356 e. The second-order valence-electron chi connectivity index (χ2n) is 4.61. The lowest BCUT2D eigenvalue weighted by Crippen LogP contribution is -2.30. The number of H-pyrrole nitrogens is 1. The number of hydrogen-bond donors (Lipinski definition) is 2. The number of amides is 1. The van der Waals surface area contributed by atoms with E-state index in [4.69, 9.17) is 0 Å². The molecule has 1 aromatic heterocycles. The van der Waals surface area contributed by atoms with Crippen molar-refractivity contribution >= 4 is 5.91 Å². The van der Waals surface area contributed by atoms with E-state index in [0.717, 1.165) is 5.56 Å². The molecule has 1 aromatic rings. The van der Waals surface area contributed by atoms with Crippen LogP contribution in [0.2, 0.25) is 0 Å². The van der Waals surface area contributed by atoms with E-state index >= 15 is 0 Å². The van der Waals surface area contributed by atoms with Crippen molar-refractivity contribution in [2.75, 3.05) is 6.54 Å². The van der Waals surface area contributed by atoms with Crippen LogP contribution in [0.15, 0.2) is 4.79 Å². The van der Waals surface area contributed by atoms with Crippen LogP contribution in [0.1, 0.15) is 30.8 Å². The molecule has 94 valence electrons. The second-order valence-corrected chi connectivity index (χ2v) is 4.61. The van der Waals surface area contributed by atoms with Crippen LogP contribution in [0.25, 0.3) is 0 Å². The first-order valence-corrected chi connectivity index (χ1v) is 5.73. The maximum Gasteiger partial charge on any atom is 0.345 e. The summed E-state index contributed by atoms with van der Waals surface area (Å²) < 4.78 is 0. The van der Waals surface area contributed by atoms with Gasteiger partial charge in [-0.05, 0) is 19.8 Å². The van der Waals surface area contributed by atoms with E-state index in [1.807, 2.05) is 13.8 Å². The van der Waals surface area contributed by atoms with Crippen molar-refractivity contribution in [1.29, 1.82) is 0 Å². The molecule has 0 aliphatic carbocycles. The van der Waals surface area contributed by atoms with Gasteiger partial charge in [-0.2, -0.15) is 4.98 Å². The van der Waals surface area contributed by atoms with Gasteiger partial charge in [-0.15, -0.1) is 0 Å². The highest BCUT2D eigenvalue weighted by atomic mass is 16.1. The highest BCUT2D eigenvalue weighted by molar-refractivity contribution is 5.79. The molecule has 0 saturated heterocycles. The number of nitrogens with one attached hydrogen (secondary N) is 2. The van der Waals surface area contributed by atoms with Crippen LogP contribution in [0.4, 0.5) is 0 Å². The third kappa shape index (κ3) is 4.01. The summed E-state index contributed by atoms with van der Waals surface area (Å²) >= 11 is 0. The third-order valence-electron chi connectivity index (χ3n) is 2.50. The normalized spacial score (nSPS) is 10.6. The lowest BCUT2D eigenvalue weighted by Gasteiger charge is -2.10. The van der Waals surface area contributed by atoms with Crippen LogP contribution in [0, 0.1) is 19.8 Å². The minimum Gasteiger partial charge on any atom is -0.356 e. The fourth-order valence-corrected chi connectivity index (χ4v) is 1.56. The fourth-order valence-electron chi connectivity index (χ4n) is 1.56. The number of aromatic nitrogens is 2. The topological polar surface area (TPSA) is 74.8 Å². The van der Waals surface area contributed by atoms with Gasteiger partial charge in [0.05, 0.1) is 6.42 Å². The molecule has 0 atom stereocenters. The highest BCUT2D eigenvalue weighted by Crippen LogP contribution is 2.07. The number of carbonyl (C=O) groups is 1. The van der Waals surface area contributed by atoms with Crippen LogP contribution in [-0.2, 0) is 11.2 Å². The Hall–Kier alpha value is -1.65. The summed E-state index contributed by atoms with van der Waals surface area (Å²) in [6, 6.07) is 0. The first kappa shape index (κ1) is 13.4. The van der Waals surface area contributed by atoms with Crippen LogP contribution in [0.5, 0.6) is 0 Å². The van der Waals surface area contributed by atoms with Crippen molar-refractivity contribution in [1.82, 2.24) is 15.3 Å². The molecule has 0 radical (unpaired) electrons. The molecule has 5 nitrogen and oxygen atoms in total. The lowest BCUT2D eigenvalue weighted by molar-refractivity contribution is -0.120. The first-order valence-electron chi connectivity index (χ1n) is 5.73. The number of rotatable bonds is 4. The van der Waals surface area contributed by atoms with Crippen molar-refractivity contribution in [2.24, 2.45) is 5.92 Å². The molecule has 2 N–H and O–H groups in total. The molecule has 0 saturated carbocycles. The highest BCUT2D eigenvalue weighted by Gasteiger charge is 2.10. The van der Waals surface area contributed by atoms with Crippen LogP contribution in [-0.4, -0.2) is 22.4 Å². The molecule has 0 spiro atoms. The Morgan fingerprint density at radius 2 is 2.06 bits per heavy atom. The van der Waals surface area contributed by atoms with Crippen LogP contribution in [0.3, 0.4) is 0 Å². The van der Waals surface area contributed by atoms with Gasteiger partial charge in [0.15, 0.2) is 0 Å². The molecule has 0 aromatic carbocycles. The van der Waals surface area contributed by atoms with Gasteiger partial charge in [0, 0.05) is 23.5 Å². The molecule has 5 heteroatoms. The molecule has 17 heavy (non-hydrogen) atoms. The zero-order valence-electron chi connectivity index (χ0n) is 10.8. The van der Waals surface area contributed by atoms with Gasteiger partial charge < -0.3 is 10.3 Å². The minimum absolute atomic E-state index is 0.0428. The Labute approximate surface area is 101 Å². The summed E-state index contributed by atoms with van der Waals surface area (Å²) in [6.45, 7) is 8.26. The zero-order chi connectivity index (χ0) is 13.0. The molecule has 0 unspecified atom stereocenters. The molecule has 1 heterocycles. The molecule has 0 aliphatic rings. The maximum atomic E-state index is 11.7. The van der Waals surface area contributed by atoms with Crippen molar-refractivity contribution in [3.63, 3.8) is 0 Å². The Morgan fingerprint density at radius 1 is 1.41 bits per heavy atom. The van der Waals surface area contributed by atoms with E-state index in [1.54, 1.807) is 13.8 Å². The van der Waals surface area contributed by atoms with E-state index < -0.39 is 0 Å². The second kappa shape index (κ2) is 5.61. The predicted molar refractivity (Wildman–Crippen MR) is 65.9 cm³/mol. The molecular weight excluding hydrogens is 218 g/mol. The van der Waals surface area contributed by atoms with Crippen molar-refractivity contribution in [2.45, 2.75) is 34.1 Å². The van der Waals surface area contributed by atoms with Gasteiger partial charge in [-0.25, -0.2) is 4.79 Å². The van der Waals surface area contributed by atoms with E-state index in [-0.39, 0.29) is 18.0 Å². The monoisotopic (exact) mass is 237 g/mol. The van der Waals surface area contributed by atoms with Gasteiger partial charge in [0.25, 0.3) is 0 Å². The smallest absolute Gasteiger partial charge is 0.345 e. The van der Waals surface area contributed by atoms with Crippen molar-refractivity contribution in [3.05, 3.63) is 27.4 Å². The Balaban J connectivity index is 2.75. The van der Waals surface area contributed by atoms with E-state index in [2.05, 4.69) is 15.3 Å². The molecular formula is C12H19N3O2. The molecule has 1 rings (SSSR count). The summed E-state index contributed by atoms with van der Waals surface area (Å²) in [6.07, 6.45) is 0.258. The van der Waals surface area contributed by atoms with Crippen molar-refractivity contribution in [3.8, 4) is 0 Å². The Kier molecular flexibility index (Phi) is 4.43. The lowest BCUT2D eigenvalue weighted by atomic mass is 10.1. The number of nitrogens with zero attached hydrogens (tertiary/aromatic N) is 1. The van der Waals surface area contributed by atoms with Crippen molar-refractivity contribution < 1.29 is 4.79 Å². The average molecular weight is 237 g/mol. The summed E-state index contributed by atoms with van der Waals surface area (Å²) in [4.78, 5) is 29.2. The van der Waals surface area contributed by atoms with Crippen LogP contribution < -0.4 is 11.0 Å². The standard InChI is InChI=1S/C12H19N3O2/c1-7(2)6-13-11(16)5-10-8(3)14-12(17)15-9(10)4/h7H,5-6H2,1-4H3,(H,13,16)(H,14,15,17). The predicted octanol–water partition coefficient (Wildman–Crippen LogP) is 0.701. The Bertz CT molecular complexity index is 437. The van der Waals surface area contributed by atoms with Gasteiger partial charge in [-0.3, -0.25) is 4.79 Å². The number of aromatic amines is 1. The summed E-state index contributed by atoms with van der Waals surface area (Å²) in [5, 5.41) is 2.84. The molecule has 0 aliphatic heterocycles. The quantitative estimate of drug-likeness (QED) is 0.809. The molecule has 1 amide bonds. The van der Waals surface area contributed by atoms with Gasteiger partial charge in [-0.1, -0.05) is 13.8 Å². The number of hydrogen-bond acceptors (Lipinski definition) is 3. The van der Waals surface area contributed by atoms with E-state index in [1.165, 1.54) is 0 Å². The van der Waals surface area contributed by atoms with Crippen LogP contribution >= 0.6 is 0 Å². The number of carbonyl (C=O) groups excluding carboxylic acids is 1. The first-order chi connectivity index (χ1) is 7.90. The Morgan fingerprint density at radius 3 is 2.59 bits per heavy atom. The maximum absolute atomic E-state index is 11.7. The summed E-state index contributed by atoms with van der Waals surface area (Å²) in [5.74, 6) is 0.383. The van der Waals surface area contributed by atoms with E-state index in [9.17, 15) is 9.59 Å². The zero-order valence-corrected chi connectivity index (χ0v) is 10.8. The molecule has 0 fully saturated rings. The average Bonchev–Trinajstić information content (AvgIpc) is 2.20. The molecule has 0 bridgehead atoms. The minimum atomic E-state index is -0.369. The summed E-state index contributed by atoms with van der Waals surface area (Å²) in [7, 11) is 0. The summed E-state index contributed by atoms with van der Waals surface area (Å²) in [5.41, 5.74) is 1.75. The van der Waals surface area contributed by atoms with E-state index in [0.29, 0.717) is 23.9 Å².